The summed E-state index contributed by atoms with van der Waals surface area (Å²) in [5.74, 6) is -1.93. The molecule has 2 aromatic carbocycles. The molecule has 0 saturated heterocycles. The number of amides is 1. The number of rotatable bonds is 6. The number of carboxylic acids is 1. The third-order valence-corrected chi connectivity index (χ3v) is 5.74. The number of carboxylic acid groups (broad SMARTS) is 1. The molecule has 3 aromatic rings. The second kappa shape index (κ2) is 9.14. The molecule has 160 valence electrons. The van der Waals surface area contributed by atoms with Crippen molar-refractivity contribution < 1.29 is 24.2 Å². The number of aryl methyl sites for hydroxylation is 1. The van der Waals surface area contributed by atoms with Gasteiger partial charge in [-0.1, -0.05) is 36.4 Å². The summed E-state index contributed by atoms with van der Waals surface area (Å²) < 4.78 is 5.27. The zero-order valence-corrected chi connectivity index (χ0v) is 18.5. The normalized spacial score (nSPS) is 10.7. The van der Waals surface area contributed by atoms with Crippen molar-refractivity contribution in [3.8, 4) is 16.2 Å². The Morgan fingerprint density at radius 1 is 1.03 bits per heavy atom. The van der Waals surface area contributed by atoms with Gasteiger partial charge in [0.15, 0.2) is 0 Å². The second-order valence-corrected chi connectivity index (χ2v) is 8.41. The van der Waals surface area contributed by atoms with Gasteiger partial charge in [-0.05, 0) is 50.1 Å². The molecule has 0 bridgehead atoms. The molecule has 0 spiro atoms. The summed E-state index contributed by atoms with van der Waals surface area (Å²) in [4.78, 5) is 39.4. The highest BCUT2D eigenvalue weighted by Crippen LogP contribution is 2.39. The third kappa shape index (κ3) is 4.83. The minimum Gasteiger partial charge on any atom is -0.477 e. The molecule has 6 nitrogen and oxygen atoms in total. The van der Waals surface area contributed by atoms with Crippen molar-refractivity contribution in [3.05, 3.63) is 70.6 Å². The van der Waals surface area contributed by atoms with Crippen molar-refractivity contribution in [1.29, 1.82) is 0 Å². The Kier molecular flexibility index (Phi) is 6.56. The van der Waals surface area contributed by atoms with Gasteiger partial charge in [-0.3, -0.25) is 9.59 Å². The number of nitrogens with zero attached hydrogens (tertiary/aromatic N) is 1. The molecule has 0 aliphatic rings. The Labute approximate surface area is 184 Å². The van der Waals surface area contributed by atoms with Gasteiger partial charge in [-0.25, -0.2) is 4.79 Å². The topological polar surface area (TPSA) is 83.9 Å². The van der Waals surface area contributed by atoms with Crippen LogP contribution >= 0.6 is 11.3 Å². The molecule has 7 heteroatoms. The van der Waals surface area contributed by atoms with Gasteiger partial charge >= 0.3 is 11.9 Å². The van der Waals surface area contributed by atoms with Crippen LogP contribution in [0.1, 0.15) is 46.4 Å². The maximum Gasteiger partial charge on any atom is 0.348 e. The highest BCUT2D eigenvalue weighted by molar-refractivity contribution is 7.18. The third-order valence-electron chi connectivity index (χ3n) is 4.58. The molecule has 0 radical (unpaired) electrons. The van der Waals surface area contributed by atoms with E-state index in [0.29, 0.717) is 5.69 Å². The lowest BCUT2D eigenvalue weighted by Crippen LogP contribution is -2.38. The van der Waals surface area contributed by atoms with Crippen LogP contribution in [-0.4, -0.2) is 29.0 Å². The van der Waals surface area contributed by atoms with Crippen LogP contribution in [0.15, 0.2) is 54.6 Å². The Hall–Kier alpha value is -3.45. The van der Waals surface area contributed by atoms with Gasteiger partial charge in [0.05, 0.1) is 11.3 Å². The Balaban J connectivity index is 2.13. The quantitative estimate of drug-likeness (QED) is 0.412. The maximum atomic E-state index is 13.6. The zero-order valence-electron chi connectivity index (χ0n) is 17.7. The number of anilines is 1. The maximum absolute atomic E-state index is 13.6. The molecule has 1 heterocycles. The average Bonchev–Trinajstić information content (AvgIpc) is 3.13. The van der Waals surface area contributed by atoms with Crippen molar-refractivity contribution >= 4 is 34.9 Å². The fourth-order valence-corrected chi connectivity index (χ4v) is 4.25. The molecule has 0 aliphatic carbocycles. The van der Waals surface area contributed by atoms with Gasteiger partial charge in [0.1, 0.15) is 10.6 Å². The van der Waals surface area contributed by atoms with E-state index >= 15 is 0 Å². The lowest BCUT2D eigenvalue weighted by molar-refractivity contribution is -0.131. The number of benzene rings is 2. The molecule has 31 heavy (non-hydrogen) atoms. The van der Waals surface area contributed by atoms with E-state index in [4.69, 9.17) is 4.74 Å². The zero-order chi connectivity index (χ0) is 22.7. The monoisotopic (exact) mass is 437 g/mol. The number of thiophene rings is 1. The molecule has 1 aromatic heterocycles. The van der Waals surface area contributed by atoms with Crippen molar-refractivity contribution in [1.82, 2.24) is 0 Å². The van der Waals surface area contributed by atoms with E-state index in [1.165, 1.54) is 11.8 Å². The molecule has 0 atom stereocenters. The first-order chi connectivity index (χ1) is 14.7. The Bertz CT molecular complexity index is 1130. The summed E-state index contributed by atoms with van der Waals surface area (Å²) in [7, 11) is 0. The number of ether oxygens (including phenoxy) is 1. The molecule has 0 saturated carbocycles. The van der Waals surface area contributed by atoms with E-state index in [0.717, 1.165) is 27.3 Å². The predicted molar refractivity (Wildman–Crippen MR) is 121 cm³/mol. The van der Waals surface area contributed by atoms with Crippen LogP contribution < -0.4 is 9.64 Å². The minimum absolute atomic E-state index is 0.0713. The van der Waals surface area contributed by atoms with E-state index in [1.807, 2.05) is 51.1 Å². The van der Waals surface area contributed by atoms with Crippen molar-refractivity contribution in [2.75, 3.05) is 4.90 Å². The van der Waals surface area contributed by atoms with Crippen LogP contribution in [0, 0.1) is 6.92 Å². The van der Waals surface area contributed by atoms with Gasteiger partial charge in [0, 0.05) is 17.8 Å². The van der Waals surface area contributed by atoms with E-state index in [-0.39, 0.29) is 22.2 Å². The first kappa shape index (κ1) is 22.2. The van der Waals surface area contributed by atoms with Crippen molar-refractivity contribution in [3.63, 3.8) is 0 Å². The Morgan fingerprint density at radius 3 is 2.29 bits per heavy atom. The molecule has 0 unspecified atom stereocenters. The van der Waals surface area contributed by atoms with Gasteiger partial charge in [-0.15, -0.1) is 11.3 Å². The number of aromatic carboxylic acids is 1. The number of carbonyl (C=O) groups is 3. The van der Waals surface area contributed by atoms with E-state index in [1.54, 1.807) is 24.3 Å². The minimum atomic E-state index is -1.11. The van der Waals surface area contributed by atoms with Gasteiger partial charge in [-0.2, -0.15) is 0 Å². The summed E-state index contributed by atoms with van der Waals surface area (Å²) in [5, 5.41) is 9.82. The van der Waals surface area contributed by atoms with Gasteiger partial charge < -0.3 is 14.7 Å². The highest BCUT2D eigenvalue weighted by atomic mass is 32.1. The smallest absolute Gasteiger partial charge is 0.348 e. The summed E-state index contributed by atoms with van der Waals surface area (Å²) in [6.45, 7) is 6.71. The number of esters is 1. The molecule has 1 N–H and O–H groups in total. The van der Waals surface area contributed by atoms with E-state index < -0.39 is 17.8 Å². The number of carbonyl (C=O) groups excluding carboxylic acids is 2. The largest absolute Gasteiger partial charge is 0.477 e. The second-order valence-electron chi connectivity index (χ2n) is 7.36. The fraction of sp³-hybridized carbons (Fsp3) is 0.208. The van der Waals surface area contributed by atoms with Crippen LogP contribution in [0.3, 0.4) is 0 Å². The lowest BCUT2D eigenvalue weighted by atomic mass is 10.1. The molecule has 3 rings (SSSR count). The van der Waals surface area contributed by atoms with Gasteiger partial charge in [0.25, 0.3) is 5.91 Å². The standard InChI is InChI=1S/C24H23NO5S/c1-14(2)25(23(27)18-11-10-15(3)12-20(18)30-16(4)26)19-13-21(31-22(19)24(28)29)17-8-6-5-7-9-17/h5-14H,1-4H3,(H,28,29). The summed E-state index contributed by atoms with van der Waals surface area (Å²) in [6.07, 6.45) is 0. The first-order valence-corrected chi connectivity index (χ1v) is 10.6. The molecule has 0 fully saturated rings. The highest BCUT2D eigenvalue weighted by Gasteiger charge is 2.30. The van der Waals surface area contributed by atoms with E-state index in [2.05, 4.69) is 0 Å². The van der Waals surface area contributed by atoms with Crippen molar-refractivity contribution in [2.24, 2.45) is 0 Å². The number of hydrogen-bond donors (Lipinski definition) is 1. The van der Waals surface area contributed by atoms with E-state index in [9.17, 15) is 19.5 Å². The Morgan fingerprint density at radius 2 is 1.71 bits per heavy atom. The molecule has 0 aliphatic heterocycles. The van der Waals surface area contributed by atoms with Crippen LogP contribution in [0.2, 0.25) is 0 Å². The summed E-state index contributed by atoms with van der Waals surface area (Å²) in [5.41, 5.74) is 2.20. The fourth-order valence-electron chi connectivity index (χ4n) is 3.26. The molecular formula is C24H23NO5S. The predicted octanol–water partition coefficient (Wildman–Crippen LogP) is 5.40. The van der Waals surface area contributed by atoms with Gasteiger partial charge in [0.2, 0.25) is 0 Å². The van der Waals surface area contributed by atoms with Crippen LogP contribution in [0.5, 0.6) is 5.75 Å². The summed E-state index contributed by atoms with van der Waals surface area (Å²) >= 11 is 1.12. The summed E-state index contributed by atoms with van der Waals surface area (Å²) in [6, 6.07) is 15.8. The van der Waals surface area contributed by atoms with Crippen LogP contribution in [0.25, 0.3) is 10.4 Å². The van der Waals surface area contributed by atoms with Crippen molar-refractivity contribution in [2.45, 2.75) is 33.7 Å². The van der Waals surface area contributed by atoms with Crippen LogP contribution in [0.4, 0.5) is 5.69 Å². The van der Waals surface area contributed by atoms with Crippen LogP contribution in [-0.2, 0) is 4.79 Å². The average molecular weight is 438 g/mol. The molecular weight excluding hydrogens is 414 g/mol. The SMILES string of the molecule is CC(=O)Oc1cc(C)ccc1C(=O)N(c1cc(-c2ccccc2)sc1C(=O)O)C(C)C. The molecule has 1 amide bonds. The lowest BCUT2D eigenvalue weighted by Gasteiger charge is -2.27. The number of hydrogen-bond acceptors (Lipinski definition) is 5. The first-order valence-electron chi connectivity index (χ1n) is 9.74.